The van der Waals surface area contributed by atoms with Gasteiger partial charge in [-0.2, -0.15) is 0 Å². The minimum Gasteiger partial charge on any atom is -0.481 e. The predicted octanol–water partition coefficient (Wildman–Crippen LogP) is 5.04. The highest BCUT2D eigenvalue weighted by molar-refractivity contribution is 5.94. The van der Waals surface area contributed by atoms with Crippen LogP contribution < -0.4 is 15.5 Å². The van der Waals surface area contributed by atoms with Crippen LogP contribution in [0.1, 0.15) is 34.5 Å². The number of carbonyl (C=O) groups is 1. The quantitative estimate of drug-likeness (QED) is 0.442. The second kappa shape index (κ2) is 8.55. The van der Waals surface area contributed by atoms with Crippen molar-refractivity contribution in [2.75, 3.05) is 12.4 Å². The average molecular weight is 430 g/mol. The summed E-state index contributed by atoms with van der Waals surface area (Å²) >= 11 is 0. The third-order valence-electron chi connectivity index (χ3n) is 5.18. The number of hydrogen-bond acceptors (Lipinski definition) is 6. The van der Waals surface area contributed by atoms with Gasteiger partial charge >= 0.3 is 5.97 Å². The maximum atomic E-state index is 12.9. The number of nitrogens with zero attached hydrogens (tertiary/aromatic N) is 1. The number of aromatic nitrogens is 1. The SMILES string of the molecule is COc1cccc(-c2cc(=O)c3cc(C)cc([C@@H](C)Nc4ccccc4C(=O)O)c3o2)n1. The number of nitrogens with one attached hydrogen (secondary N) is 1. The molecule has 0 saturated carbocycles. The Kier molecular flexibility index (Phi) is 5.64. The highest BCUT2D eigenvalue weighted by Crippen LogP contribution is 2.31. The van der Waals surface area contributed by atoms with Crippen LogP contribution in [0.4, 0.5) is 5.69 Å². The minimum atomic E-state index is -1.02. The van der Waals surface area contributed by atoms with Crippen molar-refractivity contribution in [1.29, 1.82) is 0 Å². The molecule has 2 N–H and O–H groups in total. The Morgan fingerprint density at radius 1 is 1.12 bits per heavy atom. The first-order valence-electron chi connectivity index (χ1n) is 10.1. The lowest BCUT2D eigenvalue weighted by Gasteiger charge is -2.19. The number of para-hydroxylation sites is 1. The second-order valence-corrected chi connectivity index (χ2v) is 7.49. The van der Waals surface area contributed by atoms with Gasteiger partial charge in [0.25, 0.3) is 0 Å². The van der Waals surface area contributed by atoms with Crippen LogP contribution in [0.25, 0.3) is 22.4 Å². The van der Waals surface area contributed by atoms with E-state index in [1.165, 1.54) is 13.2 Å². The number of fused-ring (bicyclic) bond motifs is 1. The fraction of sp³-hybridized carbons (Fsp3) is 0.160. The lowest BCUT2D eigenvalue weighted by molar-refractivity contribution is 0.0698. The molecule has 7 nitrogen and oxygen atoms in total. The Labute approximate surface area is 184 Å². The molecule has 2 aromatic heterocycles. The van der Waals surface area contributed by atoms with Gasteiger partial charge in [0.05, 0.1) is 24.1 Å². The van der Waals surface area contributed by atoms with Gasteiger partial charge in [0.1, 0.15) is 11.3 Å². The Bertz CT molecular complexity index is 1380. The van der Waals surface area contributed by atoms with Crippen LogP contribution in [-0.4, -0.2) is 23.2 Å². The smallest absolute Gasteiger partial charge is 0.337 e. The Morgan fingerprint density at radius 2 is 1.91 bits per heavy atom. The zero-order chi connectivity index (χ0) is 22.8. The summed E-state index contributed by atoms with van der Waals surface area (Å²) in [5.74, 6) is -0.286. The molecule has 0 unspecified atom stereocenters. The van der Waals surface area contributed by atoms with Gasteiger partial charge in [0.2, 0.25) is 5.88 Å². The van der Waals surface area contributed by atoms with E-state index in [0.717, 1.165) is 11.1 Å². The van der Waals surface area contributed by atoms with Crippen LogP contribution in [0.3, 0.4) is 0 Å². The number of anilines is 1. The summed E-state index contributed by atoms with van der Waals surface area (Å²) < 4.78 is 11.4. The summed E-state index contributed by atoms with van der Waals surface area (Å²) in [6.45, 7) is 3.79. The van der Waals surface area contributed by atoms with Gasteiger partial charge in [-0.1, -0.05) is 24.3 Å². The normalized spacial score (nSPS) is 11.8. The van der Waals surface area contributed by atoms with E-state index in [1.807, 2.05) is 19.9 Å². The third kappa shape index (κ3) is 4.05. The first-order valence-corrected chi connectivity index (χ1v) is 10.1. The number of aromatic carboxylic acids is 1. The molecule has 0 spiro atoms. The van der Waals surface area contributed by atoms with Gasteiger partial charge in [-0.15, -0.1) is 0 Å². The average Bonchev–Trinajstić information content (AvgIpc) is 2.79. The minimum absolute atomic E-state index is 0.166. The third-order valence-corrected chi connectivity index (χ3v) is 5.18. The molecular formula is C25H22N2O5. The molecule has 162 valence electrons. The van der Waals surface area contributed by atoms with Crippen molar-refractivity contribution in [2.45, 2.75) is 19.9 Å². The summed E-state index contributed by atoms with van der Waals surface area (Å²) in [6.07, 6.45) is 0. The maximum absolute atomic E-state index is 12.9. The van der Waals surface area contributed by atoms with E-state index in [9.17, 15) is 14.7 Å². The number of carboxylic acid groups (broad SMARTS) is 1. The molecule has 2 heterocycles. The molecule has 0 amide bonds. The monoisotopic (exact) mass is 430 g/mol. The van der Waals surface area contributed by atoms with Crippen molar-refractivity contribution in [3.63, 3.8) is 0 Å². The largest absolute Gasteiger partial charge is 0.481 e. The fourth-order valence-electron chi connectivity index (χ4n) is 3.65. The Balaban J connectivity index is 1.85. The first-order chi connectivity index (χ1) is 15.4. The summed E-state index contributed by atoms with van der Waals surface area (Å²) in [7, 11) is 1.52. The van der Waals surface area contributed by atoms with Crippen LogP contribution in [-0.2, 0) is 0 Å². The fourth-order valence-corrected chi connectivity index (χ4v) is 3.65. The molecule has 0 fully saturated rings. The number of hydrogen-bond donors (Lipinski definition) is 2. The van der Waals surface area contributed by atoms with Gasteiger partial charge in [-0.25, -0.2) is 9.78 Å². The van der Waals surface area contributed by atoms with E-state index < -0.39 is 5.97 Å². The molecule has 0 aliphatic rings. The molecule has 1 atom stereocenters. The van der Waals surface area contributed by atoms with Crippen LogP contribution in [0.5, 0.6) is 5.88 Å². The van der Waals surface area contributed by atoms with E-state index in [4.69, 9.17) is 9.15 Å². The second-order valence-electron chi connectivity index (χ2n) is 7.49. The van der Waals surface area contributed by atoms with Crippen LogP contribution in [0, 0.1) is 6.92 Å². The topological polar surface area (TPSA) is 102 Å². The number of benzene rings is 2. The van der Waals surface area contributed by atoms with Gasteiger partial charge in [-0.3, -0.25) is 4.79 Å². The molecule has 0 bridgehead atoms. The summed E-state index contributed by atoms with van der Waals surface area (Å²) in [4.78, 5) is 28.9. The molecular weight excluding hydrogens is 408 g/mol. The number of ether oxygens (including phenoxy) is 1. The van der Waals surface area contributed by atoms with Crippen molar-refractivity contribution >= 4 is 22.6 Å². The number of carboxylic acids is 1. The van der Waals surface area contributed by atoms with Crippen LogP contribution >= 0.6 is 0 Å². The van der Waals surface area contributed by atoms with Crippen molar-refractivity contribution in [1.82, 2.24) is 4.98 Å². The number of methoxy groups -OCH3 is 1. The maximum Gasteiger partial charge on any atom is 0.337 e. The molecule has 4 rings (SSSR count). The first kappa shape index (κ1) is 21.1. The van der Waals surface area contributed by atoms with Gasteiger partial charge in [0.15, 0.2) is 11.2 Å². The van der Waals surface area contributed by atoms with Crippen LogP contribution in [0.2, 0.25) is 0 Å². The van der Waals surface area contributed by atoms with Crippen molar-refractivity contribution in [3.8, 4) is 17.3 Å². The van der Waals surface area contributed by atoms with Gasteiger partial charge < -0.3 is 19.6 Å². The molecule has 7 heteroatoms. The van der Waals surface area contributed by atoms with Crippen molar-refractivity contribution in [2.24, 2.45) is 0 Å². The predicted molar refractivity (Wildman–Crippen MR) is 122 cm³/mol. The number of aryl methyl sites for hydroxylation is 1. The Morgan fingerprint density at radius 3 is 2.66 bits per heavy atom. The Hall–Kier alpha value is -4.13. The number of pyridine rings is 1. The van der Waals surface area contributed by atoms with E-state index in [1.54, 1.807) is 48.5 Å². The zero-order valence-corrected chi connectivity index (χ0v) is 17.9. The van der Waals surface area contributed by atoms with Crippen LogP contribution in [0.15, 0.2) is 69.9 Å². The molecule has 0 radical (unpaired) electrons. The standard InChI is InChI=1S/C25H22N2O5/c1-14-11-17(15(2)26-19-8-5-4-7-16(19)25(29)30)24-18(12-14)21(28)13-22(32-24)20-9-6-10-23(27-20)31-3/h4-13,15,26H,1-3H3,(H,29,30)/t15-/m1/s1. The van der Waals surface area contributed by atoms with E-state index in [2.05, 4.69) is 10.3 Å². The molecule has 32 heavy (non-hydrogen) atoms. The van der Waals surface area contributed by atoms with Crippen molar-refractivity contribution < 1.29 is 19.1 Å². The highest BCUT2D eigenvalue weighted by Gasteiger charge is 2.18. The highest BCUT2D eigenvalue weighted by atomic mass is 16.5. The molecule has 0 aliphatic heterocycles. The zero-order valence-electron chi connectivity index (χ0n) is 17.9. The molecule has 0 aliphatic carbocycles. The van der Waals surface area contributed by atoms with E-state index in [0.29, 0.717) is 34.0 Å². The van der Waals surface area contributed by atoms with Gasteiger partial charge in [0, 0.05) is 23.4 Å². The lowest BCUT2D eigenvalue weighted by Crippen LogP contribution is -2.12. The molecule has 2 aromatic carbocycles. The number of rotatable bonds is 6. The lowest BCUT2D eigenvalue weighted by atomic mass is 10.0. The summed E-state index contributed by atoms with van der Waals surface area (Å²) in [5, 5.41) is 13.2. The molecule has 0 saturated heterocycles. The van der Waals surface area contributed by atoms with Gasteiger partial charge in [-0.05, 0) is 43.7 Å². The molecule has 4 aromatic rings. The van der Waals surface area contributed by atoms with E-state index >= 15 is 0 Å². The van der Waals surface area contributed by atoms with E-state index in [-0.39, 0.29) is 17.0 Å². The van der Waals surface area contributed by atoms with Crippen molar-refractivity contribution in [3.05, 3.63) is 87.6 Å². The summed E-state index contributed by atoms with van der Waals surface area (Å²) in [5.41, 5.74) is 3.00. The summed E-state index contributed by atoms with van der Waals surface area (Å²) in [6, 6.07) is 16.7.